The number of nitrogens with zero attached hydrogens (tertiary/aromatic N) is 1. The number of Topliss-reactive ketones (excluding diaryl/α,β-unsaturated/α-hetero) is 1. The maximum absolute atomic E-state index is 13.0. The fraction of sp³-hybridized carbons (Fsp3) is 0.522. The van der Waals surface area contributed by atoms with E-state index in [4.69, 9.17) is 9.47 Å². The lowest BCUT2D eigenvalue weighted by Crippen LogP contribution is -2.39. The molecule has 2 aliphatic rings. The standard InChI is InChI=1S/C23H29NO4/c1-5-13-27-23(26)20-15(4)24-17-10-8-11-18(25)22(17)21(20)16-9-6-7-12-19(16)28-14(2)3/h6-7,9,12,14,21-22H,5,8,10-11,13H2,1-4H3. The number of carbonyl (C=O) groups excluding carboxylic acids is 2. The molecule has 5 heteroatoms. The van der Waals surface area contributed by atoms with Crippen LogP contribution in [-0.4, -0.2) is 30.2 Å². The number of carbonyl (C=O) groups is 2. The van der Waals surface area contributed by atoms with Gasteiger partial charge in [0.15, 0.2) is 0 Å². The van der Waals surface area contributed by atoms with Gasteiger partial charge in [-0.1, -0.05) is 25.1 Å². The Balaban J connectivity index is 2.14. The number of ketones is 1. The van der Waals surface area contributed by atoms with Crippen molar-refractivity contribution in [2.45, 2.75) is 65.4 Å². The van der Waals surface area contributed by atoms with Gasteiger partial charge in [0.2, 0.25) is 0 Å². The Bertz CT molecular complexity index is 822. The molecule has 0 amide bonds. The predicted molar refractivity (Wildman–Crippen MR) is 109 cm³/mol. The van der Waals surface area contributed by atoms with Crippen molar-refractivity contribution in [3.8, 4) is 5.75 Å². The lowest BCUT2D eigenvalue weighted by molar-refractivity contribution is -0.139. The molecule has 0 spiro atoms. The molecule has 1 fully saturated rings. The highest BCUT2D eigenvalue weighted by atomic mass is 16.5. The van der Waals surface area contributed by atoms with E-state index in [1.165, 1.54) is 0 Å². The van der Waals surface area contributed by atoms with Crippen LogP contribution in [0.5, 0.6) is 5.75 Å². The molecule has 0 N–H and O–H groups in total. The highest BCUT2D eigenvalue weighted by molar-refractivity contribution is 6.11. The minimum absolute atomic E-state index is 0.0134. The van der Waals surface area contributed by atoms with E-state index in [1.54, 1.807) is 0 Å². The monoisotopic (exact) mass is 383 g/mol. The number of rotatable bonds is 6. The molecule has 28 heavy (non-hydrogen) atoms. The lowest BCUT2D eigenvalue weighted by atomic mass is 9.69. The summed E-state index contributed by atoms with van der Waals surface area (Å²) in [6, 6.07) is 7.69. The average molecular weight is 383 g/mol. The van der Waals surface area contributed by atoms with Crippen molar-refractivity contribution in [2.24, 2.45) is 10.9 Å². The van der Waals surface area contributed by atoms with Crippen molar-refractivity contribution in [2.75, 3.05) is 6.61 Å². The number of aliphatic imine (C=N–C) groups is 1. The number of hydrogen-bond donors (Lipinski definition) is 0. The molecular weight excluding hydrogens is 354 g/mol. The summed E-state index contributed by atoms with van der Waals surface area (Å²) < 4.78 is 11.5. The Labute approximate surface area is 166 Å². The molecule has 0 saturated heterocycles. The minimum atomic E-state index is -0.418. The summed E-state index contributed by atoms with van der Waals surface area (Å²) in [6.45, 7) is 8.08. The van der Waals surface area contributed by atoms with E-state index in [-0.39, 0.29) is 17.9 Å². The Hall–Kier alpha value is -2.43. The summed E-state index contributed by atoms with van der Waals surface area (Å²) in [5, 5.41) is 0. The van der Waals surface area contributed by atoms with Crippen LogP contribution in [0.15, 0.2) is 40.5 Å². The third kappa shape index (κ3) is 4.03. The fourth-order valence-corrected chi connectivity index (χ4v) is 4.09. The van der Waals surface area contributed by atoms with Gasteiger partial charge in [-0.05, 0) is 46.1 Å². The molecule has 1 aliphatic heterocycles. The second kappa shape index (κ2) is 8.72. The summed E-state index contributed by atoms with van der Waals surface area (Å²) >= 11 is 0. The molecule has 1 aromatic rings. The molecule has 1 aromatic carbocycles. The summed E-state index contributed by atoms with van der Waals surface area (Å²) in [4.78, 5) is 30.6. The second-order valence-corrected chi connectivity index (χ2v) is 7.72. The third-order valence-corrected chi connectivity index (χ3v) is 5.18. The summed E-state index contributed by atoms with van der Waals surface area (Å²) in [7, 11) is 0. The topological polar surface area (TPSA) is 65.0 Å². The number of ether oxygens (including phenoxy) is 2. The van der Waals surface area contributed by atoms with Gasteiger partial charge in [0.1, 0.15) is 11.5 Å². The average Bonchev–Trinajstić information content (AvgIpc) is 2.65. The van der Waals surface area contributed by atoms with Gasteiger partial charge < -0.3 is 9.47 Å². The highest BCUT2D eigenvalue weighted by Crippen LogP contribution is 2.45. The first-order valence-corrected chi connectivity index (χ1v) is 10.2. The number of esters is 1. The number of benzene rings is 1. The number of fused-ring (bicyclic) bond motifs is 1. The molecule has 150 valence electrons. The first kappa shape index (κ1) is 20.3. The van der Waals surface area contributed by atoms with E-state index in [2.05, 4.69) is 4.99 Å². The minimum Gasteiger partial charge on any atom is -0.491 e. The van der Waals surface area contributed by atoms with Crippen molar-refractivity contribution in [3.05, 3.63) is 41.1 Å². The van der Waals surface area contributed by atoms with Gasteiger partial charge in [-0.2, -0.15) is 0 Å². The quantitative estimate of drug-likeness (QED) is 0.673. The zero-order chi connectivity index (χ0) is 20.3. The van der Waals surface area contributed by atoms with E-state index in [0.717, 1.165) is 30.5 Å². The molecule has 3 rings (SSSR count). The zero-order valence-corrected chi connectivity index (χ0v) is 17.2. The summed E-state index contributed by atoms with van der Waals surface area (Å²) in [5.41, 5.74) is 2.86. The van der Waals surface area contributed by atoms with Gasteiger partial charge in [0.05, 0.1) is 24.2 Å². The normalized spacial score (nSPS) is 22.0. The van der Waals surface area contributed by atoms with Gasteiger partial charge >= 0.3 is 5.97 Å². The van der Waals surface area contributed by atoms with Crippen LogP contribution in [0.25, 0.3) is 0 Å². The van der Waals surface area contributed by atoms with Crippen LogP contribution in [-0.2, 0) is 14.3 Å². The first-order chi connectivity index (χ1) is 13.4. The number of hydrogen-bond acceptors (Lipinski definition) is 5. The fourth-order valence-electron chi connectivity index (χ4n) is 4.09. The Morgan fingerprint density at radius 2 is 1.96 bits per heavy atom. The van der Waals surface area contributed by atoms with Gasteiger partial charge in [-0.15, -0.1) is 0 Å². The van der Waals surface area contributed by atoms with Crippen molar-refractivity contribution in [3.63, 3.8) is 0 Å². The molecule has 2 atom stereocenters. The van der Waals surface area contributed by atoms with Gasteiger partial charge in [-0.25, -0.2) is 4.79 Å². The van der Waals surface area contributed by atoms with E-state index < -0.39 is 11.8 Å². The molecule has 2 unspecified atom stereocenters. The number of para-hydroxylation sites is 1. The SMILES string of the molecule is CCCOC(=O)C1=C(C)N=C2CCCC(=O)C2C1c1ccccc1OC(C)C. The van der Waals surface area contributed by atoms with E-state index in [9.17, 15) is 9.59 Å². The largest absolute Gasteiger partial charge is 0.491 e. The van der Waals surface area contributed by atoms with Crippen LogP contribution in [0.3, 0.4) is 0 Å². The Morgan fingerprint density at radius 1 is 1.21 bits per heavy atom. The summed E-state index contributed by atoms with van der Waals surface area (Å²) in [5.74, 6) is -0.374. The van der Waals surface area contributed by atoms with Crippen LogP contribution >= 0.6 is 0 Å². The predicted octanol–water partition coefficient (Wildman–Crippen LogP) is 4.61. The van der Waals surface area contributed by atoms with Crippen molar-refractivity contribution >= 4 is 17.5 Å². The smallest absolute Gasteiger partial charge is 0.336 e. The van der Waals surface area contributed by atoms with Crippen LogP contribution in [0.2, 0.25) is 0 Å². The molecule has 0 bridgehead atoms. The van der Waals surface area contributed by atoms with Gasteiger partial charge in [-0.3, -0.25) is 9.79 Å². The van der Waals surface area contributed by atoms with E-state index >= 15 is 0 Å². The molecule has 0 radical (unpaired) electrons. The van der Waals surface area contributed by atoms with Gasteiger partial charge in [0.25, 0.3) is 0 Å². The second-order valence-electron chi connectivity index (χ2n) is 7.72. The lowest BCUT2D eigenvalue weighted by Gasteiger charge is -2.36. The Morgan fingerprint density at radius 3 is 2.68 bits per heavy atom. The maximum atomic E-state index is 13.0. The third-order valence-electron chi connectivity index (χ3n) is 5.18. The van der Waals surface area contributed by atoms with Crippen molar-refractivity contribution in [1.29, 1.82) is 0 Å². The Kier molecular flexibility index (Phi) is 6.32. The van der Waals surface area contributed by atoms with E-state index in [1.807, 2.05) is 52.0 Å². The molecule has 0 aromatic heterocycles. The van der Waals surface area contributed by atoms with Crippen LogP contribution in [0.1, 0.15) is 64.9 Å². The highest BCUT2D eigenvalue weighted by Gasteiger charge is 2.44. The maximum Gasteiger partial charge on any atom is 0.336 e. The molecule has 1 heterocycles. The van der Waals surface area contributed by atoms with Crippen LogP contribution in [0.4, 0.5) is 0 Å². The zero-order valence-electron chi connectivity index (χ0n) is 17.2. The molecule has 1 saturated carbocycles. The summed E-state index contributed by atoms with van der Waals surface area (Å²) in [6.07, 6.45) is 2.85. The van der Waals surface area contributed by atoms with Gasteiger partial charge in [0, 0.05) is 29.3 Å². The molecular formula is C23H29NO4. The van der Waals surface area contributed by atoms with Crippen LogP contribution < -0.4 is 4.74 Å². The molecule has 1 aliphatic carbocycles. The van der Waals surface area contributed by atoms with Crippen molar-refractivity contribution < 1.29 is 19.1 Å². The molecule has 5 nitrogen and oxygen atoms in total. The number of allylic oxidation sites excluding steroid dienone is 1. The van der Waals surface area contributed by atoms with Crippen LogP contribution in [0, 0.1) is 5.92 Å². The van der Waals surface area contributed by atoms with E-state index in [0.29, 0.717) is 30.0 Å². The van der Waals surface area contributed by atoms with Crippen molar-refractivity contribution in [1.82, 2.24) is 0 Å². The first-order valence-electron chi connectivity index (χ1n) is 10.2.